The lowest BCUT2D eigenvalue weighted by molar-refractivity contribution is -0.116. The molecule has 3 nitrogen and oxygen atoms in total. The molecule has 1 amide bonds. The second-order valence-electron chi connectivity index (χ2n) is 4.47. The van der Waals surface area contributed by atoms with Gasteiger partial charge in [-0.25, -0.2) is 13.2 Å². The summed E-state index contributed by atoms with van der Waals surface area (Å²) in [5, 5.41) is 4.99. The number of nitrogens with one attached hydrogen (secondary N) is 2. The quantitative estimate of drug-likeness (QED) is 0.905. The van der Waals surface area contributed by atoms with Crippen molar-refractivity contribution in [2.45, 2.75) is 13.0 Å². The molecule has 1 unspecified atom stereocenters. The van der Waals surface area contributed by atoms with Crippen LogP contribution in [0.25, 0.3) is 0 Å². The zero-order chi connectivity index (χ0) is 15.4. The van der Waals surface area contributed by atoms with Crippen molar-refractivity contribution < 1.29 is 18.0 Å². The Balaban J connectivity index is 2.08. The number of halogens is 3. The van der Waals surface area contributed by atoms with Gasteiger partial charge in [-0.15, -0.1) is 0 Å². The first-order valence-electron chi connectivity index (χ1n) is 6.24. The van der Waals surface area contributed by atoms with Gasteiger partial charge < -0.3 is 10.6 Å². The Labute approximate surface area is 119 Å². The van der Waals surface area contributed by atoms with Gasteiger partial charge in [-0.2, -0.15) is 0 Å². The number of hydrogen-bond acceptors (Lipinski definition) is 2. The number of para-hydroxylation sites is 1. The number of rotatable bonds is 4. The van der Waals surface area contributed by atoms with Crippen molar-refractivity contribution in [3.05, 3.63) is 59.9 Å². The lowest BCUT2D eigenvalue weighted by atomic mass is 10.2. The fourth-order valence-electron chi connectivity index (χ4n) is 1.73. The Hall–Kier alpha value is -2.50. The molecule has 2 rings (SSSR count). The van der Waals surface area contributed by atoms with Crippen molar-refractivity contribution in [3.63, 3.8) is 0 Å². The first-order chi connectivity index (χ1) is 9.97. The van der Waals surface area contributed by atoms with Gasteiger partial charge in [0, 0.05) is 17.8 Å². The summed E-state index contributed by atoms with van der Waals surface area (Å²) in [6.45, 7) is 1.44. The molecule has 0 aromatic heterocycles. The third kappa shape index (κ3) is 3.75. The molecule has 0 aliphatic carbocycles. The van der Waals surface area contributed by atoms with Gasteiger partial charge in [-0.1, -0.05) is 18.2 Å². The van der Waals surface area contributed by atoms with E-state index in [1.165, 1.54) is 6.92 Å². The summed E-state index contributed by atoms with van der Waals surface area (Å²) in [5.74, 6) is -3.67. The summed E-state index contributed by atoms with van der Waals surface area (Å²) in [6, 6.07) is 8.84. The molecule has 0 fully saturated rings. The fraction of sp³-hybridized carbons (Fsp3) is 0.133. The fourth-order valence-corrected chi connectivity index (χ4v) is 1.73. The zero-order valence-electron chi connectivity index (χ0n) is 11.2. The number of amides is 1. The molecule has 0 heterocycles. The van der Waals surface area contributed by atoms with Gasteiger partial charge in [0.15, 0.2) is 11.6 Å². The van der Waals surface area contributed by atoms with Crippen LogP contribution in [-0.2, 0) is 4.79 Å². The standard InChI is InChI=1S/C15H13F3N2O/c1-9(15(21)20-11-5-3-2-4-6-11)19-14-12(17)7-10(16)8-13(14)18/h2-9,19H,1H3,(H,20,21). The normalized spacial score (nSPS) is 11.8. The van der Waals surface area contributed by atoms with Crippen molar-refractivity contribution in [1.29, 1.82) is 0 Å². The summed E-state index contributed by atoms with van der Waals surface area (Å²) in [7, 11) is 0. The predicted molar refractivity (Wildman–Crippen MR) is 74.5 cm³/mol. The van der Waals surface area contributed by atoms with E-state index in [9.17, 15) is 18.0 Å². The highest BCUT2D eigenvalue weighted by molar-refractivity contribution is 5.96. The second kappa shape index (κ2) is 6.30. The predicted octanol–water partition coefficient (Wildman–Crippen LogP) is 3.54. The van der Waals surface area contributed by atoms with Crippen molar-refractivity contribution in [2.75, 3.05) is 10.6 Å². The molecule has 0 aliphatic rings. The van der Waals surface area contributed by atoms with E-state index in [4.69, 9.17) is 0 Å². The van der Waals surface area contributed by atoms with Gasteiger partial charge >= 0.3 is 0 Å². The largest absolute Gasteiger partial charge is 0.369 e. The molecule has 21 heavy (non-hydrogen) atoms. The van der Waals surface area contributed by atoms with Gasteiger partial charge in [0.1, 0.15) is 17.5 Å². The summed E-state index contributed by atoms with van der Waals surface area (Å²) < 4.78 is 39.8. The summed E-state index contributed by atoms with van der Waals surface area (Å²) >= 11 is 0. The highest BCUT2D eigenvalue weighted by Crippen LogP contribution is 2.21. The lowest BCUT2D eigenvalue weighted by Gasteiger charge is -2.16. The third-order valence-corrected chi connectivity index (χ3v) is 2.80. The Morgan fingerprint density at radius 2 is 1.62 bits per heavy atom. The number of hydrogen-bond donors (Lipinski definition) is 2. The van der Waals surface area contributed by atoms with Gasteiger partial charge in [0.25, 0.3) is 0 Å². The first kappa shape index (κ1) is 14.9. The van der Waals surface area contributed by atoms with Crippen molar-refractivity contribution in [2.24, 2.45) is 0 Å². The first-order valence-corrected chi connectivity index (χ1v) is 6.24. The number of anilines is 2. The number of carbonyl (C=O) groups is 1. The van der Waals surface area contributed by atoms with Gasteiger partial charge in [-0.3, -0.25) is 4.79 Å². The summed E-state index contributed by atoms with van der Waals surface area (Å²) in [5.41, 5.74) is 0.0308. The Bertz CT molecular complexity index is 624. The highest BCUT2D eigenvalue weighted by atomic mass is 19.1. The maximum Gasteiger partial charge on any atom is 0.246 e. The molecule has 110 valence electrons. The van der Waals surface area contributed by atoms with E-state index in [0.717, 1.165) is 0 Å². The van der Waals surface area contributed by atoms with Crippen LogP contribution in [0, 0.1) is 17.5 Å². The molecule has 2 aromatic rings. The van der Waals surface area contributed by atoms with Gasteiger partial charge in [0.05, 0.1) is 0 Å². The topological polar surface area (TPSA) is 41.1 Å². The average molecular weight is 294 g/mol. The minimum atomic E-state index is -1.09. The Kier molecular flexibility index (Phi) is 4.47. The number of carbonyl (C=O) groups excluding carboxylic acids is 1. The van der Waals surface area contributed by atoms with Crippen molar-refractivity contribution in [1.82, 2.24) is 0 Å². The molecule has 0 spiro atoms. The van der Waals surface area contributed by atoms with Gasteiger partial charge in [-0.05, 0) is 19.1 Å². The zero-order valence-corrected chi connectivity index (χ0v) is 11.2. The molecule has 6 heteroatoms. The van der Waals surface area contributed by atoms with Crippen LogP contribution in [0.2, 0.25) is 0 Å². The van der Waals surface area contributed by atoms with E-state index in [2.05, 4.69) is 10.6 Å². The molecule has 2 N–H and O–H groups in total. The van der Waals surface area contributed by atoms with E-state index >= 15 is 0 Å². The lowest BCUT2D eigenvalue weighted by Crippen LogP contribution is -2.32. The smallest absolute Gasteiger partial charge is 0.246 e. The third-order valence-electron chi connectivity index (χ3n) is 2.80. The maximum absolute atomic E-state index is 13.5. The second-order valence-corrected chi connectivity index (χ2v) is 4.47. The Morgan fingerprint density at radius 3 is 2.19 bits per heavy atom. The van der Waals surface area contributed by atoms with Crippen LogP contribution in [-0.4, -0.2) is 11.9 Å². The van der Waals surface area contributed by atoms with Crippen LogP contribution in [0.1, 0.15) is 6.92 Å². The van der Waals surface area contributed by atoms with E-state index in [1.54, 1.807) is 30.3 Å². The van der Waals surface area contributed by atoms with E-state index in [1.807, 2.05) is 0 Å². The monoisotopic (exact) mass is 294 g/mol. The van der Waals surface area contributed by atoms with Crippen LogP contribution < -0.4 is 10.6 Å². The van der Waals surface area contributed by atoms with Crippen LogP contribution in [0.5, 0.6) is 0 Å². The minimum Gasteiger partial charge on any atom is -0.369 e. The average Bonchev–Trinajstić information content (AvgIpc) is 2.43. The van der Waals surface area contributed by atoms with Crippen molar-refractivity contribution in [3.8, 4) is 0 Å². The molecule has 0 bridgehead atoms. The molecule has 0 saturated heterocycles. The van der Waals surface area contributed by atoms with Crippen LogP contribution in [0.3, 0.4) is 0 Å². The van der Waals surface area contributed by atoms with E-state index in [-0.39, 0.29) is 0 Å². The van der Waals surface area contributed by atoms with E-state index < -0.39 is 35.1 Å². The van der Waals surface area contributed by atoms with Crippen LogP contribution in [0.4, 0.5) is 24.5 Å². The van der Waals surface area contributed by atoms with Crippen molar-refractivity contribution >= 4 is 17.3 Å². The van der Waals surface area contributed by atoms with Crippen LogP contribution >= 0.6 is 0 Å². The minimum absolute atomic E-state index is 0.468. The highest BCUT2D eigenvalue weighted by Gasteiger charge is 2.18. The summed E-state index contributed by atoms with van der Waals surface area (Å²) in [4.78, 5) is 11.9. The SMILES string of the molecule is CC(Nc1c(F)cc(F)cc1F)C(=O)Nc1ccccc1. The molecular formula is C15H13F3N2O. The van der Waals surface area contributed by atoms with Gasteiger partial charge in [0.2, 0.25) is 5.91 Å². The number of benzene rings is 2. The maximum atomic E-state index is 13.5. The summed E-state index contributed by atoms with van der Waals surface area (Å²) in [6.07, 6.45) is 0. The molecule has 0 saturated carbocycles. The molecule has 0 radical (unpaired) electrons. The molecule has 1 atom stereocenters. The van der Waals surface area contributed by atoms with E-state index in [0.29, 0.717) is 17.8 Å². The molecule has 2 aromatic carbocycles. The molecule has 0 aliphatic heterocycles. The Morgan fingerprint density at radius 1 is 1.05 bits per heavy atom. The van der Waals surface area contributed by atoms with Crippen LogP contribution in [0.15, 0.2) is 42.5 Å². The molecular weight excluding hydrogens is 281 g/mol.